The van der Waals surface area contributed by atoms with Crippen molar-refractivity contribution in [3.63, 3.8) is 0 Å². The van der Waals surface area contributed by atoms with Gasteiger partial charge in [-0.1, -0.05) is 24.3 Å². The zero-order valence-corrected chi connectivity index (χ0v) is 15.2. The maximum atomic E-state index is 12.4. The van der Waals surface area contributed by atoms with E-state index in [1.165, 1.54) is 0 Å². The van der Waals surface area contributed by atoms with Gasteiger partial charge in [0.05, 0.1) is 33.3 Å². The second-order valence-electron chi connectivity index (χ2n) is 5.70. The Balaban J connectivity index is 1.88. The molecule has 1 atom stereocenters. The van der Waals surface area contributed by atoms with Gasteiger partial charge < -0.3 is 19.1 Å². The standard InChI is InChI=1S/C20H25NO4/c1-15(16-9-11-17(23-3)12-10-16)21(2)20(22)13-14-25-19-8-6-5-7-18(19)24-4/h5-12,15H,13-14H2,1-4H3. The highest BCUT2D eigenvalue weighted by Gasteiger charge is 2.17. The molecule has 0 saturated heterocycles. The SMILES string of the molecule is COc1ccc(C(C)N(C)C(=O)CCOc2ccccc2OC)cc1. The van der Waals surface area contributed by atoms with Crippen LogP contribution in [-0.4, -0.2) is 38.7 Å². The normalized spacial score (nSPS) is 11.5. The predicted octanol–water partition coefficient (Wildman–Crippen LogP) is 3.69. The van der Waals surface area contributed by atoms with Gasteiger partial charge in [-0.05, 0) is 36.8 Å². The molecule has 5 nitrogen and oxygen atoms in total. The first-order chi connectivity index (χ1) is 12.1. The molecule has 0 heterocycles. The van der Waals surface area contributed by atoms with Gasteiger partial charge in [0.2, 0.25) is 5.91 Å². The number of amides is 1. The van der Waals surface area contributed by atoms with E-state index in [2.05, 4.69) is 0 Å². The third kappa shape index (κ3) is 4.89. The minimum atomic E-state index is -0.0235. The highest BCUT2D eigenvalue weighted by atomic mass is 16.5. The van der Waals surface area contributed by atoms with Crippen LogP contribution in [0.1, 0.15) is 24.9 Å². The number of hydrogen-bond acceptors (Lipinski definition) is 4. The fourth-order valence-corrected chi connectivity index (χ4v) is 2.48. The van der Waals surface area contributed by atoms with Crippen molar-refractivity contribution in [3.05, 3.63) is 54.1 Å². The molecule has 0 aliphatic rings. The first-order valence-corrected chi connectivity index (χ1v) is 8.22. The number of para-hydroxylation sites is 2. The van der Waals surface area contributed by atoms with E-state index in [-0.39, 0.29) is 11.9 Å². The minimum Gasteiger partial charge on any atom is -0.497 e. The second kappa shape index (κ2) is 8.97. The Bertz CT molecular complexity index is 684. The van der Waals surface area contributed by atoms with Gasteiger partial charge in [-0.3, -0.25) is 4.79 Å². The molecule has 1 amide bonds. The van der Waals surface area contributed by atoms with Gasteiger partial charge in [-0.15, -0.1) is 0 Å². The summed E-state index contributed by atoms with van der Waals surface area (Å²) in [6.45, 7) is 2.31. The Kier molecular flexibility index (Phi) is 6.69. The Labute approximate surface area is 149 Å². The number of benzene rings is 2. The van der Waals surface area contributed by atoms with E-state index in [4.69, 9.17) is 14.2 Å². The zero-order chi connectivity index (χ0) is 18.2. The van der Waals surface area contributed by atoms with Crippen LogP contribution in [0.25, 0.3) is 0 Å². The molecule has 2 rings (SSSR count). The summed E-state index contributed by atoms with van der Waals surface area (Å²) in [5.41, 5.74) is 1.06. The molecule has 1 unspecified atom stereocenters. The van der Waals surface area contributed by atoms with Crippen LogP contribution < -0.4 is 14.2 Å². The van der Waals surface area contributed by atoms with Gasteiger partial charge in [-0.2, -0.15) is 0 Å². The van der Waals surface area contributed by atoms with Crippen molar-refractivity contribution < 1.29 is 19.0 Å². The number of rotatable bonds is 8. The van der Waals surface area contributed by atoms with Crippen molar-refractivity contribution in [1.29, 1.82) is 0 Å². The summed E-state index contributed by atoms with van der Waals surface area (Å²) >= 11 is 0. The largest absolute Gasteiger partial charge is 0.497 e. The van der Waals surface area contributed by atoms with Crippen molar-refractivity contribution >= 4 is 5.91 Å². The van der Waals surface area contributed by atoms with Crippen LogP contribution in [0.4, 0.5) is 0 Å². The lowest BCUT2D eigenvalue weighted by Crippen LogP contribution is -2.30. The summed E-state index contributed by atoms with van der Waals surface area (Å²) < 4.78 is 16.1. The molecule has 0 aliphatic carbocycles. The van der Waals surface area contributed by atoms with E-state index in [1.807, 2.05) is 55.5 Å². The first kappa shape index (κ1) is 18.6. The topological polar surface area (TPSA) is 48.0 Å². The maximum Gasteiger partial charge on any atom is 0.226 e. The van der Waals surface area contributed by atoms with E-state index in [1.54, 1.807) is 26.2 Å². The van der Waals surface area contributed by atoms with Gasteiger partial charge in [0.1, 0.15) is 5.75 Å². The Hall–Kier alpha value is -2.69. The van der Waals surface area contributed by atoms with Crippen LogP contribution in [0, 0.1) is 0 Å². The average Bonchev–Trinajstić information content (AvgIpc) is 2.67. The van der Waals surface area contributed by atoms with Gasteiger partial charge in [0.15, 0.2) is 11.5 Å². The number of hydrogen-bond donors (Lipinski definition) is 0. The highest BCUT2D eigenvalue weighted by Crippen LogP contribution is 2.26. The molecule has 0 aliphatic heterocycles. The molecular formula is C20H25NO4. The fourth-order valence-electron chi connectivity index (χ4n) is 2.48. The summed E-state index contributed by atoms with van der Waals surface area (Å²) in [6.07, 6.45) is 0.301. The van der Waals surface area contributed by atoms with Crippen LogP contribution in [0.3, 0.4) is 0 Å². The van der Waals surface area contributed by atoms with E-state index < -0.39 is 0 Å². The summed E-state index contributed by atoms with van der Waals surface area (Å²) in [7, 11) is 5.04. The molecule has 0 saturated carbocycles. The Morgan fingerprint density at radius 3 is 2.24 bits per heavy atom. The second-order valence-corrected chi connectivity index (χ2v) is 5.70. The molecule has 5 heteroatoms. The number of ether oxygens (including phenoxy) is 3. The molecule has 0 aromatic heterocycles. The van der Waals surface area contributed by atoms with E-state index >= 15 is 0 Å². The number of carbonyl (C=O) groups excluding carboxylic acids is 1. The van der Waals surface area contributed by atoms with Gasteiger partial charge in [0, 0.05) is 7.05 Å². The van der Waals surface area contributed by atoms with Crippen LogP contribution >= 0.6 is 0 Å². The fraction of sp³-hybridized carbons (Fsp3) is 0.350. The van der Waals surface area contributed by atoms with E-state index in [0.29, 0.717) is 24.5 Å². The van der Waals surface area contributed by atoms with Crippen LogP contribution in [-0.2, 0) is 4.79 Å². The van der Waals surface area contributed by atoms with Crippen LogP contribution in [0.2, 0.25) is 0 Å². The Morgan fingerprint density at radius 1 is 1.00 bits per heavy atom. The lowest BCUT2D eigenvalue weighted by Gasteiger charge is -2.25. The molecule has 2 aromatic rings. The van der Waals surface area contributed by atoms with Crippen molar-refractivity contribution in [2.45, 2.75) is 19.4 Å². The van der Waals surface area contributed by atoms with Crippen LogP contribution in [0.15, 0.2) is 48.5 Å². The van der Waals surface area contributed by atoms with E-state index in [9.17, 15) is 4.79 Å². The van der Waals surface area contributed by atoms with Crippen molar-refractivity contribution in [2.75, 3.05) is 27.9 Å². The monoisotopic (exact) mass is 343 g/mol. The quantitative estimate of drug-likeness (QED) is 0.733. The average molecular weight is 343 g/mol. The van der Waals surface area contributed by atoms with Gasteiger partial charge >= 0.3 is 0 Å². The van der Waals surface area contributed by atoms with Gasteiger partial charge in [0.25, 0.3) is 0 Å². The van der Waals surface area contributed by atoms with Gasteiger partial charge in [-0.25, -0.2) is 0 Å². The molecular weight excluding hydrogens is 318 g/mol. The van der Waals surface area contributed by atoms with Crippen molar-refractivity contribution in [3.8, 4) is 17.2 Å². The molecule has 0 bridgehead atoms. The number of methoxy groups -OCH3 is 2. The predicted molar refractivity (Wildman–Crippen MR) is 97.3 cm³/mol. The summed E-state index contributed by atoms with van der Waals surface area (Å²) in [6, 6.07) is 15.1. The molecule has 0 fully saturated rings. The molecule has 0 spiro atoms. The van der Waals surface area contributed by atoms with Crippen molar-refractivity contribution in [1.82, 2.24) is 4.90 Å². The first-order valence-electron chi connectivity index (χ1n) is 8.22. The maximum absolute atomic E-state index is 12.4. The lowest BCUT2D eigenvalue weighted by molar-refractivity contribution is -0.132. The number of nitrogens with zero attached hydrogens (tertiary/aromatic N) is 1. The number of carbonyl (C=O) groups is 1. The summed E-state index contributed by atoms with van der Waals surface area (Å²) in [5.74, 6) is 2.13. The molecule has 134 valence electrons. The smallest absolute Gasteiger partial charge is 0.226 e. The lowest BCUT2D eigenvalue weighted by atomic mass is 10.1. The minimum absolute atomic E-state index is 0.0235. The zero-order valence-electron chi connectivity index (χ0n) is 15.2. The highest BCUT2D eigenvalue weighted by molar-refractivity contribution is 5.76. The van der Waals surface area contributed by atoms with E-state index in [0.717, 1.165) is 11.3 Å². The Morgan fingerprint density at radius 2 is 1.64 bits per heavy atom. The summed E-state index contributed by atoms with van der Waals surface area (Å²) in [5, 5.41) is 0. The van der Waals surface area contributed by atoms with Crippen molar-refractivity contribution in [2.24, 2.45) is 0 Å². The molecule has 0 N–H and O–H groups in total. The van der Waals surface area contributed by atoms with Crippen LogP contribution in [0.5, 0.6) is 17.2 Å². The third-order valence-corrected chi connectivity index (χ3v) is 4.22. The molecule has 25 heavy (non-hydrogen) atoms. The summed E-state index contributed by atoms with van der Waals surface area (Å²) in [4.78, 5) is 14.1. The molecule has 0 radical (unpaired) electrons. The third-order valence-electron chi connectivity index (χ3n) is 4.22. The molecule has 2 aromatic carbocycles.